The molecule has 2 aliphatic heterocycles. The number of nitrogens with one attached hydrogen (secondary N) is 1. The summed E-state index contributed by atoms with van der Waals surface area (Å²) >= 11 is 1.64. The Morgan fingerprint density at radius 3 is 2.80 bits per heavy atom. The highest BCUT2D eigenvalue weighted by atomic mass is 32.2. The minimum absolute atomic E-state index is 0.251. The van der Waals surface area contributed by atoms with E-state index in [1.54, 1.807) is 15.6 Å². The molecule has 1 aromatic rings. The monoisotopic (exact) mass is 314 g/mol. The van der Waals surface area contributed by atoms with Crippen LogP contribution in [0, 0.1) is 5.41 Å². The van der Waals surface area contributed by atoms with Crippen molar-refractivity contribution in [2.75, 3.05) is 31.9 Å². The number of rotatable bonds is 4. The van der Waals surface area contributed by atoms with Crippen molar-refractivity contribution in [2.24, 2.45) is 5.41 Å². The van der Waals surface area contributed by atoms with Gasteiger partial charge in [0, 0.05) is 18.0 Å². The molecule has 0 amide bonds. The lowest BCUT2D eigenvalue weighted by Gasteiger charge is -2.33. The van der Waals surface area contributed by atoms with Gasteiger partial charge in [-0.1, -0.05) is 6.07 Å². The highest BCUT2D eigenvalue weighted by Crippen LogP contribution is 2.39. The van der Waals surface area contributed by atoms with Gasteiger partial charge in [0.2, 0.25) is 10.0 Å². The third kappa shape index (κ3) is 3.08. The summed E-state index contributed by atoms with van der Waals surface area (Å²) in [4.78, 5) is 1.16. The molecule has 2 fully saturated rings. The van der Waals surface area contributed by atoms with E-state index in [4.69, 9.17) is 0 Å². The van der Waals surface area contributed by atoms with Crippen molar-refractivity contribution in [3.63, 3.8) is 0 Å². The Bertz CT molecular complexity index is 534. The molecule has 0 radical (unpaired) electrons. The van der Waals surface area contributed by atoms with Gasteiger partial charge >= 0.3 is 0 Å². The fourth-order valence-electron chi connectivity index (χ4n) is 3.31. The zero-order chi connectivity index (χ0) is 14.1. The number of piperidine rings is 1. The molecule has 0 saturated carbocycles. The van der Waals surface area contributed by atoms with Gasteiger partial charge in [0.15, 0.2) is 0 Å². The smallest absolute Gasteiger partial charge is 0.214 e. The molecule has 6 heteroatoms. The minimum Gasteiger partial charge on any atom is -0.317 e. The Kier molecular flexibility index (Phi) is 4.17. The fraction of sp³-hybridized carbons (Fsp3) is 0.714. The molecule has 0 unspecified atom stereocenters. The summed E-state index contributed by atoms with van der Waals surface area (Å²) in [6.45, 7) is 3.51. The molecule has 0 aromatic carbocycles. The zero-order valence-electron chi connectivity index (χ0n) is 11.7. The van der Waals surface area contributed by atoms with Gasteiger partial charge in [-0.15, -0.1) is 11.3 Å². The van der Waals surface area contributed by atoms with E-state index in [2.05, 4.69) is 5.32 Å². The molecule has 0 bridgehead atoms. The molecule has 1 N–H and O–H groups in total. The molecule has 0 aliphatic carbocycles. The molecule has 112 valence electrons. The maximum atomic E-state index is 12.5. The zero-order valence-corrected chi connectivity index (χ0v) is 13.3. The molecular formula is C14H22N2O2S2. The Balaban J connectivity index is 1.61. The van der Waals surface area contributed by atoms with E-state index in [-0.39, 0.29) is 11.2 Å². The standard InChI is InChI=1S/C14H22N2O2S2/c17-20(18,11-3-13-2-1-10-19-13)16-9-6-14(12-16)4-7-15-8-5-14/h1-2,10,15H,3-9,11-12H2. The summed E-state index contributed by atoms with van der Waals surface area (Å²) in [6, 6.07) is 3.99. The van der Waals surface area contributed by atoms with E-state index >= 15 is 0 Å². The summed E-state index contributed by atoms with van der Waals surface area (Å²) in [5.74, 6) is 0.252. The van der Waals surface area contributed by atoms with Crippen LogP contribution in [0.1, 0.15) is 24.1 Å². The number of aryl methyl sites for hydroxylation is 1. The number of thiophene rings is 1. The van der Waals surface area contributed by atoms with Crippen LogP contribution in [0.4, 0.5) is 0 Å². The first kappa shape index (κ1) is 14.5. The molecule has 4 nitrogen and oxygen atoms in total. The highest BCUT2D eigenvalue weighted by Gasteiger charge is 2.42. The normalized spacial score (nSPS) is 23.4. The topological polar surface area (TPSA) is 49.4 Å². The predicted octanol–water partition coefficient (Wildman–Crippen LogP) is 1.70. The third-order valence-electron chi connectivity index (χ3n) is 4.65. The maximum absolute atomic E-state index is 12.5. The lowest BCUT2D eigenvalue weighted by atomic mass is 9.78. The molecular weight excluding hydrogens is 292 g/mol. The molecule has 3 rings (SSSR count). The number of nitrogens with zero attached hydrogens (tertiary/aromatic N) is 1. The Morgan fingerprint density at radius 1 is 1.30 bits per heavy atom. The average molecular weight is 314 g/mol. The van der Waals surface area contributed by atoms with Gasteiger partial charge in [-0.25, -0.2) is 12.7 Å². The minimum atomic E-state index is -3.09. The van der Waals surface area contributed by atoms with E-state index < -0.39 is 10.0 Å². The van der Waals surface area contributed by atoms with Crippen LogP contribution in [0.5, 0.6) is 0 Å². The van der Waals surface area contributed by atoms with Crippen molar-refractivity contribution in [1.82, 2.24) is 9.62 Å². The lowest BCUT2D eigenvalue weighted by molar-refractivity contribution is 0.218. The van der Waals surface area contributed by atoms with Crippen LogP contribution in [0.3, 0.4) is 0 Å². The van der Waals surface area contributed by atoms with Gasteiger partial charge in [-0.2, -0.15) is 0 Å². The summed E-state index contributed by atoms with van der Waals surface area (Å²) in [5.41, 5.74) is 0.251. The van der Waals surface area contributed by atoms with Crippen LogP contribution in [-0.4, -0.2) is 44.7 Å². The van der Waals surface area contributed by atoms with Gasteiger partial charge < -0.3 is 5.32 Å². The van der Waals surface area contributed by atoms with Crippen molar-refractivity contribution in [1.29, 1.82) is 0 Å². The molecule has 1 spiro atoms. The van der Waals surface area contributed by atoms with Gasteiger partial charge in [0.1, 0.15) is 0 Å². The van der Waals surface area contributed by atoms with Crippen LogP contribution in [0.15, 0.2) is 17.5 Å². The van der Waals surface area contributed by atoms with Gasteiger partial charge in [0.25, 0.3) is 0 Å². The molecule has 2 saturated heterocycles. The first-order chi connectivity index (χ1) is 9.60. The first-order valence-corrected chi connectivity index (χ1v) is 9.80. The van der Waals surface area contributed by atoms with Crippen molar-refractivity contribution < 1.29 is 8.42 Å². The van der Waals surface area contributed by atoms with Crippen molar-refractivity contribution >= 4 is 21.4 Å². The highest BCUT2D eigenvalue weighted by molar-refractivity contribution is 7.89. The van der Waals surface area contributed by atoms with Gasteiger partial charge in [-0.05, 0) is 55.6 Å². The third-order valence-corrected chi connectivity index (χ3v) is 7.40. The molecule has 1 aromatic heterocycles. The quantitative estimate of drug-likeness (QED) is 0.920. The van der Waals surface area contributed by atoms with Gasteiger partial charge in [0.05, 0.1) is 5.75 Å². The SMILES string of the molecule is O=S(=O)(CCc1cccs1)N1CCC2(CCNCC2)C1. The maximum Gasteiger partial charge on any atom is 0.214 e. The second kappa shape index (κ2) is 5.75. The van der Waals surface area contributed by atoms with E-state index in [0.29, 0.717) is 13.0 Å². The van der Waals surface area contributed by atoms with Crippen LogP contribution >= 0.6 is 11.3 Å². The van der Waals surface area contributed by atoms with Crippen LogP contribution in [0.2, 0.25) is 0 Å². The van der Waals surface area contributed by atoms with Crippen LogP contribution in [0.25, 0.3) is 0 Å². The Labute approximate surface area is 125 Å². The van der Waals surface area contributed by atoms with Crippen LogP contribution < -0.4 is 5.32 Å². The predicted molar refractivity (Wildman–Crippen MR) is 82.5 cm³/mol. The average Bonchev–Trinajstić information content (AvgIpc) is 3.08. The second-order valence-corrected chi connectivity index (χ2v) is 9.10. The molecule has 3 heterocycles. The van der Waals surface area contributed by atoms with E-state index in [1.807, 2.05) is 17.5 Å². The second-order valence-electron chi connectivity index (χ2n) is 5.98. The largest absolute Gasteiger partial charge is 0.317 e. The Hall–Kier alpha value is -0.430. The number of hydrogen-bond acceptors (Lipinski definition) is 4. The fourth-order valence-corrected chi connectivity index (χ4v) is 5.72. The van der Waals surface area contributed by atoms with Crippen molar-refractivity contribution in [2.45, 2.75) is 25.7 Å². The van der Waals surface area contributed by atoms with E-state index in [9.17, 15) is 8.42 Å². The summed E-state index contributed by atoms with van der Waals surface area (Å²) in [5, 5.41) is 5.37. The van der Waals surface area contributed by atoms with E-state index in [1.165, 1.54) is 0 Å². The summed E-state index contributed by atoms with van der Waals surface area (Å²) in [6.07, 6.45) is 3.91. The summed E-state index contributed by atoms with van der Waals surface area (Å²) in [7, 11) is -3.09. The molecule has 2 aliphatic rings. The van der Waals surface area contributed by atoms with Gasteiger partial charge in [-0.3, -0.25) is 0 Å². The molecule has 0 atom stereocenters. The van der Waals surface area contributed by atoms with Crippen LogP contribution in [-0.2, 0) is 16.4 Å². The van der Waals surface area contributed by atoms with Crippen molar-refractivity contribution in [3.05, 3.63) is 22.4 Å². The van der Waals surface area contributed by atoms with E-state index in [0.717, 1.165) is 43.8 Å². The lowest BCUT2D eigenvalue weighted by Crippen LogP contribution is -2.40. The summed E-state index contributed by atoms with van der Waals surface area (Å²) < 4.78 is 26.7. The number of sulfonamides is 1. The molecule has 20 heavy (non-hydrogen) atoms. The first-order valence-electron chi connectivity index (χ1n) is 7.31. The number of hydrogen-bond donors (Lipinski definition) is 1. The van der Waals surface area contributed by atoms with Crippen molar-refractivity contribution in [3.8, 4) is 0 Å². The Morgan fingerprint density at radius 2 is 2.10 bits per heavy atom.